The number of hydrogen-bond acceptors (Lipinski definition) is 2. The predicted molar refractivity (Wildman–Crippen MR) is 80.1 cm³/mol. The zero-order valence-corrected chi connectivity index (χ0v) is 11.5. The van der Waals surface area contributed by atoms with Crippen LogP contribution in [0.15, 0.2) is 54.7 Å². The summed E-state index contributed by atoms with van der Waals surface area (Å²) in [7, 11) is 0. The second kappa shape index (κ2) is 5.48. The molecule has 21 heavy (non-hydrogen) atoms. The molecule has 0 saturated carbocycles. The molecule has 0 aliphatic heterocycles. The average Bonchev–Trinajstić information content (AvgIpc) is 2.46. The van der Waals surface area contributed by atoms with Gasteiger partial charge in [0.05, 0.1) is 11.2 Å². The Hall–Kier alpha value is -2.49. The Kier molecular flexibility index (Phi) is 3.52. The summed E-state index contributed by atoms with van der Waals surface area (Å²) >= 11 is 0. The van der Waals surface area contributed by atoms with Crippen LogP contribution in [0.4, 0.5) is 14.5 Å². The molecular weight excluding hydrogens is 270 g/mol. The van der Waals surface area contributed by atoms with E-state index in [1.165, 1.54) is 12.1 Å². The van der Waals surface area contributed by atoms with E-state index in [2.05, 4.69) is 10.3 Å². The van der Waals surface area contributed by atoms with E-state index in [1.807, 2.05) is 37.3 Å². The van der Waals surface area contributed by atoms with Crippen LogP contribution in [0.25, 0.3) is 10.9 Å². The van der Waals surface area contributed by atoms with Gasteiger partial charge in [-0.05, 0) is 36.8 Å². The Bertz CT molecular complexity index is 761. The first-order chi connectivity index (χ1) is 10.1. The van der Waals surface area contributed by atoms with Gasteiger partial charge in [0.25, 0.3) is 0 Å². The third-order valence-corrected chi connectivity index (χ3v) is 3.39. The number of pyridine rings is 1. The Morgan fingerprint density at radius 1 is 1.00 bits per heavy atom. The normalized spacial score (nSPS) is 12.3. The molecule has 1 aromatic heterocycles. The lowest BCUT2D eigenvalue weighted by Gasteiger charge is -2.17. The van der Waals surface area contributed by atoms with E-state index in [1.54, 1.807) is 6.20 Å². The molecule has 4 heteroatoms. The van der Waals surface area contributed by atoms with Crippen LogP contribution < -0.4 is 5.32 Å². The summed E-state index contributed by atoms with van der Waals surface area (Å²) in [5, 5.41) is 4.27. The Balaban J connectivity index is 1.94. The maximum Gasteiger partial charge on any atom is 0.126 e. The Morgan fingerprint density at radius 2 is 1.71 bits per heavy atom. The lowest BCUT2D eigenvalue weighted by atomic mass is 10.1. The van der Waals surface area contributed by atoms with Crippen molar-refractivity contribution in [1.82, 2.24) is 4.98 Å². The van der Waals surface area contributed by atoms with Crippen molar-refractivity contribution >= 4 is 16.6 Å². The molecule has 0 radical (unpaired) electrons. The standard InChI is InChI=1S/C17H14F2N2/c1-11(13-8-14(18)10-15(19)9-13)21-16-6-2-4-12-5-3-7-20-17(12)16/h2-11,21H,1H3. The summed E-state index contributed by atoms with van der Waals surface area (Å²) in [6, 6.07) is 12.9. The van der Waals surface area contributed by atoms with Gasteiger partial charge in [-0.25, -0.2) is 8.78 Å². The Labute approximate surface area is 121 Å². The van der Waals surface area contributed by atoms with Crippen molar-refractivity contribution < 1.29 is 8.78 Å². The SMILES string of the molecule is CC(Nc1cccc2cccnc12)c1cc(F)cc(F)c1. The van der Waals surface area contributed by atoms with Crippen LogP contribution in [0, 0.1) is 11.6 Å². The monoisotopic (exact) mass is 284 g/mol. The number of hydrogen-bond donors (Lipinski definition) is 1. The molecule has 0 fully saturated rings. The van der Waals surface area contributed by atoms with Crippen LogP contribution in [0.3, 0.4) is 0 Å². The fraction of sp³-hybridized carbons (Fsp3) is 0.118. The highest BCUT2D eigenvalue weighted by Crippen LogP contribution is 2.26. The third kappa shape index (κ3) is 2.84. The number of nitrogens with zero attached hydrogens (tertiary/aromatic N) is 1. The van der Waals surface area contributed by atoms with Gasteiger partial charge >= 0.3 is 0 Å². The molecule has 106 valence electrons. The van der Waals surface area contributed by atoms with Crippen LogP contribution in [0.2, 0.25) is 0 Å². The summed E-state index contributed by atoms with van der Waals surface area (Å²) in [6.45, 7) is 1.86. The smallest absolute Gasteiger partial charge is 0.126 e. The van der Waals surface area contributed by atoms with Crippen molar-refractivity contribution in [1.29, 1.82) is 0 Å². The second-order valence-corrected chi connectivity index (χ2v) is 4.95. The van der Waals surface area contributed by atoms with E-state index < -0.39 is 11.6 Å². The molecule has 0 saturated heterocycles. The van der Waals surface area contributed by atoms with Gasteiger partial charge in [-0.2, -0.15) is 0 Å². The quantitative estimate of drug-likeness (QED) is 0.755. The minimum atomic E-state index is -0.574. The first-order valence-electron chi connectivity index (χ1n) is 6.70. The molecule has 0 aliphatic carbocycles. The van der Waals surface area contributed by atoms with Gasteiger partial charge in [-0.3, -0.25) is 4.98 Å². The molecule has 1 N–H and O–H groups in total. The highest BCUT2D eigenvalue weighted by molar-refractivity contribution is 5.90. The molecular formula is C17H14F2N2. The van der Waals surface area contributed by atoms with Crippen molar-refractivity contribution in [3.63, 3.8) is 0 Å². The maximum atomic E-state index is 13.3. The number of para-hydroxylation sites is 1. The predicted octanol–water partition coefficient (Wildman–Crippen LogP) is 4.69. The van der Waals surface area contributed by atoms with Gasteiger partial charge in [0, 0.05) is 23.7 Å². The number of aromatic nitrogens is 1. The van der Waals surface area contributed by atoms with Crippen LogP contribution in [-0.4, -0.2) is 4.98 Å². The molecule has 0 amide bonds. The lowest BCUT2D eigenvalue weighted by molar-refractivity contribution is 0.577. The summed E-state index contributed by atoms with van der Waals surface area (Å²) < 4.78 is 26.6. The number of halogens is 2. The first-order valence-corrected chi connectivity index (χ1v) is 6.70. The summed E-state index contributed by atoms with van der Waals surface area (Å²) in [5.41, 5.74) is 2.23. The second-order valence-electron chi connectivity index (χ2n) is 4.95. The van der Waals surface area contributed by atoms with E-state index in [4.69, 9.17) is 0 Å². The number of anilines is 1. The minimum absolute atomic E-state index is 0.234. The van der Waals surface area contributed by atoms with Gasteiger partial charge in [0.15, 0.2) is 0 Å². The fourth-order valence-electron chi connectivity index (χ4n) is 2.36. The van der Waals surface area contributed by atoms with Crippen molar-refractivity contribution in [2.45, 2.75) is 13.0 Å². The van der Waals surface area contributed by atoms with Gasteiger partial charge in [-0.15, -0.1) is 0 Å². The highest BCUT2D eigenvalue weighted by Gasteiger charge is 2.10. The van der Waals surface area contributed by atoms with Gasteiger partial charge in [0.1, 0.15) is 11.6 Å². The van der Waals surface area contributed by atoms with E-state index in [0.29, 0.717) is 5.56 Å². The number of benzene rings is 2. The minimum Gasteiger partial charge on any atom is -0.377 e. The molecule has 2 nitrogen and oxygen atoms in total. The number of nitrogens with one attached hydrogen (secondary N) is 1. The Morgan fingerprint density at radius 3 is 2.48 bits per heavy atom. The van der Waals surface area contributed by atoms with Crippen molar-refractivity contribution in [3.05, 3.63) is 71.9 Å². The van der Waals surface area contributed by atoms with E-state index >= 15 is 0 Å². The molecule has 1 heterocycles. The zero-order chi connectivity index (χ0) is 14.8. The zero-order valence-electron chi connectivity index (χ0n) is 11.5. The van der Waals surface area contributed by atoms with Crippen LogP contribution in [0.1, 0.15) is 18.5 Å². The summed E-state index contributed by atoms with van der Waals surface area (Å²) in [6.07, 6.45) is 1.72. The van der Waals surface area contributed by atoms with E-state index in [-0.39, 0.29) is 6.04 Å². The number of fused-ring (bicyclic) bond motifs is 1. The lowest BCUT2D eigenvalue weighted by Crippen LogP contribution is -2.08. The largest absolute Gasteiger partial charge is 0.377 e. The summed E-state index contributed by atoms with van der Waals surface area (Å²) in [5.74, 6) is -1.15. The molecule has 3 aromatic rings. The highest BCUT2D eigenvalue weighted by atomic mass is 19.1. The molecule has 3 rings (SSSR count). The molecule has 0 aliphatic rings. The van der Waals surface area contributed by atoms with Gasteiger partial charge < -0.3 is 5.32 Å². The molecule has 0 bridgehead atoms. The van der Waals surface area contributed by atoms with Crippen molar-refractivity contribution in [3.8, 4) is 0 Å². The van der Waals surface area contributed by atoms with Crippen LogP contribution in [0.5, 0.6) is 0 Å². The van der Waals surface area contributed by atoms with Crippen LogP contribution >= 0.6 is 0 Å². The van der Waals surface area contributed by atoms with Crippen molar-refractivity contribution in [2.24, 2.45) is 0 Å². The molecule has 0 spiro atoms. The topological polar surface area (TPSA) is 24.9 Å². The maximum absolute atomic E-state index is 13.3. The van der Waals surface area contributed by atoms with E-state index in [9.17, 15) is 8.78 Å². The molecule has 1 atom stereocenters. The molecule has 1 unspecified atom stereocenters. The third-order valence-electron chi connectivity index (χ3n) is 3.39. The van der Waals surface area contributed by atoms with Gasteiger partial charge in [-0.1, -0.05) is 18.2 Å². The van der Waals surface area contributed by atoms with Gasteiger partial charge in [0.2, 0.25) is 0 Å². The number of rotatable bonds is 3. The van der Waals surface area contributed by atoms with Crippen LogP contribution in [-0.2, 0) is 0 Å². The first kappa shape index (κ1) is 13.5. The summed E-state index contributed by atoms with van der Waals surface area (Å²) in [4.78, 5) is 4.35. The molecule has 2 aromatic carbocycles. The fourth-order valence-corrected chi connectivity index (χ4v) is 2.36. The average molecular weight is 284 g/mol. The van der Waals surface area contributed by atoms with Crippen molar-refractivity contribution in [2.75, 3.05) is 5.32 Å². The van der Waals surface area contributed by atoms with E-state index in [0.717, 1.165) is 22.7 Å².